The van der Waals surface area contributed by atoms with Crippen molar-refractivity contribution >= 4 is 90.3 Å². The van der Waals surface area contributed by atoms with Gasteiger partial charge in [-0.05, 0) is 0 Å². The van der Waals surface area contributed by atoms with E-state index in [-0.39, 0.29) is 90.3 Å². The van der Waals surface area contributed by atoms with Gasteiger partial charge in [-0.25, -0.2) is 0 Å². The molecular formula is Be6Na. The molecular weight excluding hydrogens is 77.1 g/mol. The second kappa shape index (κ2) is 97.3. The van der Waals surface area contributed by atoms with Crippen molar-refractivity contribution in [2.45, 2.75) is 0 Å². The minimum absolute atomic E-state index is 0. The smallest absolute Gasteiger partial charge is 0 e. The first-order chi connectivity index (χ1) is 0. The summed E-state index contributed by atoms with van der Waals surface area (Å²) in [6.45, 7) is 0. The van der Waals surface area contributed by atoms with Crippen molar-refractivity contribution in [2.24, 2.45) is 0 Å². The van der Waals surface area contributed by atoms with Gasteiger partial charge in [0.1, 0.15) is 0 Å². The molecule has 0 nitrogen and oxygen atoms in total. The molecule has 0 rings (SSSR count). The van der Waals surface area contributed by atoms with E-state index in [1.165, 1.54) is 0 Å². The van der Waals surface area contributed by atoms with Crippen LogP contribution in [-0.4, -0.2) is 90.3 Å². The maximum Gasteiger partial charge on any atom is 0 e. The Morgan fingerprint density at radius 2 is 0.286 bits per heavy atom. The van der Waals surface area contributed by atoms with Crippen molar-refractivity contribution < 1.29 is 0 Å². The van der Waals surface area contributed by atoms with Crippen LogP contribution in [0, 0.1) is 0 Å². The van der Waals surface area contributed by atoms with Gasteiger partial charge in [-0.3, -0.25) is 0 Å². The van der Waals surface area contributed by atoms with Crippen LogP contribution >= 0.6 is 0 Å². The molecule has 13 radical (unpaired) electrons. The fourth-order valence-electron chi connectivity index (χ4n) is 0. The molecule has 0 aliphatic heterocycles. The van der Waals surface area contributed by atoms with Crippen molar-refractivity contribution in [3.8, 4) is 0 Å². The molecule has 0 aromatic heterocycles. The molecule has 7 heteroatoms. The van der Waals surface area contributed by atoms with E-state index in [2.05, 4.69) is 0 Å². The van der Waals surface area contributed by atoms with Gasteiger partial charge >= 0.3 is 0 Å². The molecule has 0 amide bonds. The van der Waals surface area contributed by atoms with E-state index >= 15 is 0 Å². The Hall–Kier alpha value is 2.01. The first kappa shape index (κ1) is 143. The second-order valence-electron chi connectivity index (χ2n) is 0. The minimum atomic E-state index is 0. The van der Waals surface area contributed by atoms with Crippen LogP contribution in [0.15, 0.2) is 0 Å². The Bertz CT molecular complexity index is 4.14. The molecule has 0 unspecified atom stereocenters. The van der Waals surface area contributed by atoms with Crippen molar-refractivity contribution in [3.05, 3.63) is 0 Å². The van der Waals surface area contributed by atoms with E-state index in [1.807, 2.05) is 0 Å². The van der Waals surface area contributed by atoms with Crippen LogP contribution in [0.2, 0.25) is 0 Å². The summed E-state index contributed by atoms with van der Waals surface area (Å²) in [5.74, 6) is 0. The summed E-state index contributed by atoms with van der Waals surface area (Å²) >= 11 is 0. The molecule has 0 spiro atoms. The maximum atomic E-state index is 0. The van der Waals surface area contributed by atoms with Gasteiger partial charge < -0.3 is 0 Å². The first-order valence-electron chi connectivity index (χ1n) is 0. The van der Waals surface area contributed by atoms with Crippen LogP contribution in [0.1, 0.15) is 0 Å². The summed E-state index contributed by atoms with van der Waals surface area (Å²) in [4.78, 5) is 0. The van der Waals surface area contributed by atoms with Crippen LogP contribution in [0.4, 0.5) is 0 Å². The molecule has 0 bridgehead atoms. The van der Waals surface area contributed by atoms with Crippen molar-refractivity contribution in [3.63, 3.8) is 0 Å². The summed E-state index contributed by atoms with van der Waals surface area (Å²) in [7, 11) is 0. The van der Waals surface area contributed by atoms with E-state index in [9.17, 15) is 0 Å². The average Bonchev–Trinajstić information content (AvgIpc) is 0. The second-order valence-corrected chi connectivity index (χ2v) is 0. The fraction of sp³-hybridized carbons (Fsp3) is 0. The van der Waals surface area contributed by atoms with Crippen LogP contribution in [0.3, 0.4) is 0 Å². The third-order valence-electron chi connectivity index (χ3n) is 0. The van der Waals surface area contributed by atoms with E-state index < -0.39 is 0 Å². The maximum absolute atomic E-state index is 0. The quantitative estimate of drug-likeness (QED) is 0.277. The molecule has 7 heavy (non-hydrogen) atoms. The van der Waals surface area contributed by atoms with Crippen molar-refractivity contribution in [1.82, 2.24) is 0 Å². The Labute approximate surface area is 89.6 Å². The molecule has 0 aliphatic rings. The van der Waals surface area contributed by atoms with E-state index in [4.69, 9.17) is 0 Å². The van der Waals surface area contributed by atoms with Gasteiger partial charge in [-0.15, -0.1) is 0 Å². The van der Waals surface area contributed by atoms with Gasteiger partial charge in [0, 0.05) is 90.3 Å². The predicted molar refractivity (Wildman–Crippen MR) is 40.3 cm³/mol. The third kappa shape index (κ3) is 71.5. The molecule has 0 aromatic rings. The molecule has 0 heterocycles. The molecule has 0 fully saturated rings. The third-order valence-corrected chi connectivity index (χ3v) is 0. The van der Waals surface area contributed by atoms with Gasteiger partial charge in [-0.1, -0.05) is 0 Å². The number of rotatable bonds is 0. The van der Waals surface area contributed by atoms with Crippen LogP contribution in [0.25, 0.3) is 0 Å². The normalized spacial score (nSPS) is 0. The summed E-state index contributed by atoms with van der Waals surface area (Å²) in [5, 5.41) is 0. The summed E-state index contributed by atoms with van der Waals surface area (Å²) in [6.07, 6.45) is 0. The molecule has 0 saturated heterocycles. The number of hydrogen-bond acceptors (Lipinski definition) is 0. The average molecular weight is 77.1 g/mol. The van der Waals surface area contributed by atoms with Gasteiger partial charge in [0.05, 0.1) is 0 Å². The minimum Gasteiger partial charge on any atom is 0 e. The Morgan fingerprint density at radius 3 is 0.286 bits per heavy atom. The molecule has 0 aromatic carbocycles. The van der Waals surface area contributed by atoms with Crippen LogP contribution in [0.5, 0.6) is 0 Å². The zero-order valence-corrected chi connectivity index (χ0v) is 7.24. The zero-order valence-electron chi connectivity index (χ0n) is 5.24. The molecule has 0 saturated carbocycles. The van der Waals surface area contributed by atoms with Gasteiger partial charge in [0.25, 0.3) is 0 Å². The Kier molecular flexibility index (Phi) is 1980. The molecule has 0 N–H and O–H groups in total. The van der Waals surface area contributed by atoms with Gasteiger partial charge in [-0.2, -0.15) is 0 Å². The summed E-state index contributed by atoms with van der Waals surface area (Å²) in [6, 6.07) is 0. The Morgan fingerprint density at radius 1 is 0.286 bits per heavy atom. The molecule has 0 atom stereocenters. The molecule has 0 aliphatic carbocycles. The van der Waals surface area contributed by atoms with Crippen molar-refractivity contribution in [1.29, 1.82) is 0 Å². The summed E-state index contributed by atoms with van der Waals surface area (Å²) in [5.41, 5.74) is 0. The summed E-state index contributed by atoms with van der Waals surface area (Å²) < 4.78 is 0. The topological polar surface area (TPSA) is 0 Å². The van der Waals surface area contributed by atoms with E-state index in [1.54, 1.807) is 0 Å². The largest absolute Gasteiger partial charge is 0 e. The van der Waals surface area contributed by atoms with Crippen LogP contribution in [-0.2, 0) is 0 Å². The predicted octanol–water partition coefficient (Wildman–Crippen LogP) is -2.67. The molecule has 13 valence electrons. The zero-order chi connectivity index (χ0) is 0. The van der Waals surface area contributed by atoms with E-state index in [0.717, 1.165) is 0 Å². The first-order valence-corrected chi connectivity index (χ1v) is 0. The van der Waals surface area contributed by atoms with Gasteiger partial charge in [0.15, 0.2) is 0 Å². The number of hydrogen-bond donors (Lipinski definition) is 0. The van der Waals surface area contributed by atoms with Gasteiger partial charge in [0.2, 0.25) is 0 Å². The van der Waals surface area contributed by atoms with Crippen molar-refractivity contribution in [2.75, 3.05) is 0 Å². The fourth-order valence-corrected chi connectivity index (χ4v) is 0. The van der Waals surface area contributed by atoms with Crippen LogP contribution < -0.4 is 0 Å². The standard InChI is InChI=1S/6Be.Na. The Balaban J connectivity index is 0. The SMILES string of the molecule is [Be].[Be].[Be].[Be].[Be].[Be].[Na]. The monoisotopic (exact) mass is 77.1 g/mol. The van der Waals surface area contributed by atoms with E-state index in [0.29, 0.717) is 0 Å².